The van der Waals surface area contributed by atoms with Gasteiger partial charge in [-0.25, -0.2) is 9.18 Å². The Balaban J connectivity index is 1.42. The number of amides is 1. The number of anilines is 1. The van der Waals surface area contributed by atoms with Crippen LogP contribution in [0, 0.1) is 11.7 Å². The van der Waals surface area contributed by atoms with Crippen LogP contribution in [-0.4, -0.2) is 57.0 Å². The zero-order valence-corrected chi connectivity index (χ0v) is 13.2. The maximum absolute atomic E-state index is 13.0. The Kier molecular flexibility index (Phi) is 5.33. The molecule has 1 aromatic carbocycles. The fourth-order valence-electron chi connectivity index (χ4n) is 3.02. The first kappa shape index (κ1) is 16.1. The molecule has 2 fully saturated rings. The van der Waals surface area contributed by atoms with Crippen molar-refractivity contribution in [1.29, 1.82) is 0 Å². The van der Waals surface area contributed by atoms with Crippen LogP contribution in [0.25, 0.3) is 0 Å². The number of carbonyl (C=O) groups excluding carboxylic acids is 1. The molecule has 3 rings (SSSR count). The van der Waals surface area contributed by atoms with Crippen molar-refractivity contribution in [2.75, 3.05) is 50.9 Å². The third-order valence-electron chi connectivity index (χ3n) is 4.43. The van der Waals surface area contributed by atoms with Crippen molar-refractivity contribution in [3.63, 3.8) is 0 Å². The topological polar surface area (TPSA) is 42.0 Å². The summed E-state index contributed by atoms with van der Waals surface area (Å²) in [4.78, 5) is 16.0. The van der Waals surface area contributed by atoms with E-state index in [9.17, 15) is 9.18 Å². The lowest BCUT2D eigenvalue weighted by Gasteiger charge is -2.35. The Bertz CT molecular complexity index is 509. The monoisotopic (exact) mass is 322 g/mol. The first-order chi connectivity index (χ1) is 11.2. The molecule has 0 bridgehead atoms. The predicted molar refractivity (Wildman–Crippen MR) is 85.1 cm³/mol. The molecule has 1 aromatic rings. The molecule has 2 saturated heterocycles. The minimum atomic E-state index is -0.241. The van der Waals surface area contributed by atoms with Crippen LogP contribution in [0.3, 0.4) is 0 Å². The smallest absolute Gasteiger partial charge is 0.409 e. The lowest BCUT2D eigenvalue weighted by atomic mass is 10.0. The Morgan fingerprint density at radius 3 is 2.61 bits per heavy atom. The van der Waals surface area contributed by atoms with Crippen molar-refractivity contribution in [1.82, 2.24) is 4.90 Å². The second kappa shape index (κ2) is 7.64. The van der Waals surface area contributed by atoms with E-state index in [4.69, 9.17) is 9.47 Å². The highest BCUT2D eigenvalue weighted by molar-refractivity contribution is 5.68. The molecular weight excluding hydrogens is 299 g/mol. The van der Waals surface area contributed by atoms with Gasteiger partial charge in [-0.15, -0.1) is 0 Å². The number of rotatable bonds is 3. The molecule has 2 heterocycles. The zero-order chi connectivity index (χ0) is 16.1. The van der Waals surface area contributed by atoms with Gasteiger partial charge in [0, 0.05) is 44.4 Å². The summed E-state index contributed by atoms with van der Waals surface area (Å²) in [7, 11) is 0. The van der Waals surface area contributed by atoms with E-state index < -0.39 is 0 Å². The molecule has 0 radical (unpaired) electrons. The van der Waals surface area contributed by atoms with Gasteiger partial charge in [0.15, 0.2) is 0 Å². The zero-order valence-electron chi connectivity index (χ0n) is 13.2. The normalized spacial score (nSPS) is 22.0. The van der Waals surface area contributed by atoms with Crippen molar-refractivity contribution in [2.45, 2.75) is 12.8 Å². The number of nitrogens with zero attached hydrogens (tertiary/aromatic N) is 2. The largest absolute Gasteiger partial charge is 0.449 e. The molecule has 0 aromatic heterocycles. The molecule has 0 saturated carbocycles. The van der Waals surface area contributed by atoms with Gasteiger partial charge in [0.05, 0.1) is 13.2 Å². The fraction of sp³-hybridized carbons (Fsp3) is 0.588. The average Bonchev–Trinajstić information content (AvgIpc) is 2.61. The van der Waals surface area contributed by atoms with Gasteiger partial charge in [0.2, 0.25) is 0 Å². The summed E-state index contributed by atoms with van der Waals surface area (Å²) >= 11 is 0. The number of carbonyl (C=O) groups is 1. The van der Waals surface area contributed by atoms with E-state index >= 15 is 0 Å². The lowest BCUT2D eigenvalue weighted by molar-refractivity contribution is 0.0157. The molecule has 126 valence electrons. The van der Waals surface area contributed by atoms with Crippen LogP contribution >= 0.6 is 0 Å². The van der Waals surface area contributed by atoms with Crippen LogP contribution in [0.1, 0.15) is 12.8 Å². The molecule has 0 unspecified atom stereocenters. The van der Waals surface area contributed by atoms with Gasteiger partial charge >= 0.3 is 6.09 Å². The summed E-state index contributed by atoms with van der Waals surface area (Å²) in [6.07, 6.45) is 1.86. The van der Waals surface area contributed by atoms with Crippen LogP contribution in [0.5, 0.6) is 0 Å². The van der Waals surface area contributed by atoms with Crippen molar-refractivity contribution in [3.8, 4) is 0 Å². The highest BCUT2D eigenvalue weighted by Gasteiger charge is 2.24. The van der Waals surface area contributed by atoms with E-state index in [1.165, 1.54) is 12.1 Å². The molecule has 0 aliphatic carbocycles. The van der Waals surface area contributed by atoms with Crippen LogP contribution < -0.4 is 4.90 Å². The van der Waals surface area contributed by atoms with E-state index in [-0.39, 0.29) is 11.9 Å². The summed E-state index contributed by atoms with van der Waals surface area (Å²) in [5.41, 5.74) is 0.985. The van der Waals surface area contributed by atoms with Gasteiger partial charge < -0.3 is 19.3 Å². The SMILES string of the molecule is O=C(OC[C@@H]1CCCOC1)N1CCN(c2ccc(F)cc2)CC1. The summed E-state index contributed by atoms with van der Waals surface area (Å²) in [5, 5.41) is 0. The second-order valence-electron chi connectivity index (χ2n) is 6.11. The van der Waals surface area contributed by atoms with Gasteiger partial charge in [-0.05, 0) is 37.1 Å². The first-order valence-corrected chi connectivity index (χ1v) is 8.22. The van der Waals surface area contributed by atoms with E-state index in [1.807, 2.05) is 0 Å². The predicted octanol–water partition coefficient (Wildman–Crippen LogP) is 2.51. The van der Waals surface area contributed by atoms with Crippen LogP contribution in [0.2, 0.25) is 0 Å². The number of hydrogen-bond donors (Lipinski definition) is 0. The Hall–Kier alpha value is -1.82. The minimum Gasteiger partial charge on any atom is -0.449 e. The van der Waals surface area contributed by atoms with E-state index in [1.54, 1.807) is 17.0 Å². The molecule has 23 heavy (non-hydrogen) atoms. The van der Waals surface area contributed by atoms with Crippen molar-refractivity contribution >= 4 is 11.8 Å². The number of ether oxygens (including phenoxy) is 2. The molecule has 2 aliphatic heterocycles. The average molecular weight is 322 g/mol. The summed E-state index contributed by atoms with van der Waals surface area (Å²) in [5.74, 6) is 0.0934. The molecular formula is C17H23FN2O3. The summed E-state index contributed by atoms with van der Waals surface area (Å²) in [6.45, 7) is 4.65. The van der Waals surface area contributed by atoms with Gasteiger partial charge in [-0.1, -0.05) is 0 Å². The minimum absolute atomic E-state index is 0.234. The lowest BCUT2D eigenvalue weighted by Crippen LogP contribution is -2.49. The van der Waals surface area contributed by atoms with Crippen LogP contribution in [0.15, 0.2) is 24.3 Å². The van der Waals surface area contributed by atoms with Crippen LogP contribution in [0.4, 0.5) is 14.9 Å². The number of halogens is 1. The molecule has 1 amide bonds. The maximum Gasteiger partial charge on any atom is 0.409 e. The molecule has 1 atom stereocenters. The van der Waals surface area contributed by atoms with Crippen molar-refractivity contribution in [2.24, 2.45) is 5.92 Å². The van der Waals surface area contributed by atoms with E-state index in [2.05, 4.69) is 4.90 Å². The van der Waals surface area contributed by atoms with Gasteiger partial charge in [-0.2, -0.15) is 0 Å². The number of piperazine rings is 1. The molecule has 6 heteroatoms. The van der Waals surface area contributed by atoms with Crippen molar-refractivity contribution in [3.05, 3.63) is 30.1 Å². The Morgan fingerprint density at radius 1 is 1.22 bits per heavy atom. The first-order valence-electron chi connectivity index (χ1n) is 8.22. The summed E-state index contributed by atoms with van der Waals surface area (Å²) < 4.78 is 23.8. The number of hydrogen-bond acceptors (Lipinski definition) is 4. The fourth-order valence-corrected chi connectivity index (χ4v) is 3.02. The molecule has 0 spiro atoms. The highest BCUT2D eigenvalue weighted by atomic mass is 19.1. The van der Waals surface area contributed by atoms with Crippen molar-refractivity contribution < 1.29 is 18.7 Å². The third kappa shape index (κ3) is 4.34. The van der Waals surface area contributed by atoms with Gasteiger partial charge in [-0.3, -0.25) is 0 Å². The maximum atomic E-state index is 13.0. The van der Waals surface area contributed by atoms with E-state index in [0.29, 0.717) is 32.2 Å². The van der Waals surface area contributed by atoms with E-state index in [0.717, 1.165) is 38.2 Å². The second-order valence-corrected chi connectivity index (χ2v) is 6.11. The van der Waals surface area contributed by atoms with Crippen LogP contribution in [-0.2, 0) is 9.47 Å². The standard InChI is InChI=1S/C17H23FN2O3/c18-15-3-5-16(6-4-15)19-7-9-20(10-8-19)17(21)23-13-14-2-1-11-22-12-14/h3-6,14H,1-2,7-13H2/t14-/m1/s1. The highest BCUT2D eigenvalue weighted by Crippen LogP contribution is 2.18. The Labute approximate surface area is 136 Å². The van der Waals surface area contributed by atoms with Gasteiger partial charge in [0.1, 0.15) is 5.82 Å². The molecule has 2 aliphatic rings. The molecule has 5 nitrogen and oxygen atoms in total. The number of benzene rings is 1. The quantitative estimate of drug-likeness (QED) is 0.857. The molecule has 0 N–H and O–H groups in total. The third-order valence-corrected chi connectivity index (χ3v) is 4.43. The summed E-state index contributed by atoms with van der Waals surface area (Å²) in [6, 6.07) is 6.46. The Morgan fingerprint density at radius 2 is 1.96 bits per heavy atom. The van der Waals surface area contributed by atoms with Gasteiger partial charge in [0.25, 0.3) is 0 Å².